The Labute approximate surface area is 119 Å². The molecule has 0 aromatic carbocycles. The van der Waals surface area contributed by atoms with Gasteiger partial charge in [-0.15, -0.1) is 11.3 Å². The second-order valence-corrected chi connectivity index (χ2v) is 6.27. The predicted molar refractivity (Wildman–Crippen MR) is 78.2 cm³/mol. The molecule has 1 aliphatic heterocycles. The molecule has 0 saturated carbocycles. The molecule has 2 rings (SSSR count). The molecule has 1 aromatic rings. The number of thiazole rings is 1. The Morgan fingerprint density at radius 3 is 3.11 bits per heavy atom. The normalized spacial score (nSPS) is 25.0. The highest BCUT2D eigenvalue weighted by atomic mass is 32.1. The van der Waals surface area contributed by atoms with Crippen molar-refractivity contribution in [3.63, 3.8) is 0 Å². The lowest BCUT2D eigenvalue weighted by molar-refractivity contribution is -0.126. The van der Waals surface area contributed by atoms with E-state index in [9.17, 15) is 4.79 Å². The molecule has 0 aliphatic carbocycles. The molecule has 1 aromatic heterocycles. The molecular weight excluding hydrogens is 258 g/mol. The molecule has 1 aliphatic rings. The number of nitrogens with one attached hydrogen (secondary N) is 2. The number of aromatic nitrogens is 1. The van der Waals surface area contributed by atoms with Crippen molar-refractivity contribution in [1.82, 2.24) is 15.6 Å². The van der Waals surface area contributed by atoms with Gasteiger partial charge in [0.1, 0.15) is 0 Å². The quantitative estimate of drug-likeness (QED) is 0.890. The maximum Gasteiger partial charge on any atom is 0.223 e. The molecule has 2 heterocycles. The van der Waals surface area contributed by atoms with Gasteiger partial charge in [0.25, 0.3) is 0 Å². The van der Waals surface area contributed by atoms with Crippen LogP contribution in [0.5, 0.6) is 0 Å². The number of carbonyl (C=O) groups is 1. The van der Waals surface area contributed by atoms with Crippen LogP contribution < -0.4 is 10.6 Å². The fraction of sp³-hybridized carbons (Fsp3) is 0.714. The Morgan fingerprint density at radius 2 is 2.47 bits per heavy atom. The van der Waals surface area contributed by atoms with E-state index >= 15 is 0 Å². The van der Waals surface area contributed by atoms with Crippen LogP contribution in [0.4, 0.5) is 0 Å². The predicted octanol–water partition coefficient (Wildman–Crippen LogP) is 2.27. The summed E-state index contributed by atoms with van der Waals surface area (Å²) in [5.74, 6) is 0.315. The standard InChI is InChI=1S/C14H23N3OS/c1-4-13-17-12(8-19-13)10(3)16-14(18)11-5-6-15-9(2)7-11/h8-11,15H,4-7H2,1-3H3,(H,16,18)/t9-,10?,11-/m0/s1. The highest BCUT2D eigenvalue weighted by molar-refractivity contribution is 7.09. The van der Waals surface area contributed by atoms with Gasteiger partial charge in [-0.25, -0.2) is 4.98 Å². The van der Waals surface area contributed by atoms with Crippen LogP contribution in [0, 0.1) is 5.92 Å². The summed E-state index contributed by atoms with van der Waals surface area (Å²) in [6.07, 6.45) is 2.81. The third-order valence-corrected chi connectivity index (χ3v) is 4.68. The van der Waals surface area contributed by atoms with E-state index in [1.807, 2.05) is 6.92 Å². The van der Waals surface area contributed by atoms with Crippen molar-refractivity contribution >= 4 is 17.2 Å². The Morgan fingerprint density at radius 1 is 1.68 bits per heavy atom. The minimum atomic E-state index is 0.00856. The molecule has 4 nitrogen and oxygen atoms in total. The maximum atomic E-state index is 12.2. The Hall–Kier alpha value is -0.940. The average Bonchev–Trinajstić information content (AvgIpc) is 2.87. The van der Waals surface area contributed by atoms with Crippen molar-refractivity contribution in [1.29, 1.82) is 0 Å². The Kier molecular flexibility index (Phi) is 4.93. The lowest BCUT2D eigenvalue weighted by Gasteiger charge is -2.28. The van der Waals surface area contributed by atoms with Gasteiger partial charge in [0.05, 0.1) is 16.7 Å². The number of piperidine rings is 1. The third-order valence-electron chi connectivity index (χ3n) is 3.67. The molecule has 1 saturated heterocycles. The van der Waals surface area contributed by atoms with E-state index in [0.29, 0.717) is 6.04 Å². The summed E-state index contributed by atoms with van der Waals surface area (Å²) >= 11 is 1.67. The maximum absolute atomic E-state index is 12.2. The summed E-state index contributed by atoms with van der Waals surface area (Å²) in [6.45, 7) is 7.18. The van der Waals surface area contributed by atoms with Gasteiger partial charge in [0, 0.05) is 17.3 Å². The molecule has 3 atom stereocenters. The van der Waals surface area contributed by atoms with Crippen LogP contribution in [0.2, 0.25) is 0 Å². The number of aryl methyl sites for hydroxylation is 1. The summed E-state index contributed by atoms with van der Waals surface area (Å²) in [4.78, 5) is 16.8. The van der Waals surface area contributed by atoms with Crippen molar-refractivity contribution in [3.05, 3.63) is 16.1 Å². The average molecular weight is 281 g/mol. The molecule has 0 bridgehead atoms. The number of nitrogens with zero attached hydrogens (tertiary/aromatic N) is 1. The summed E-state index contributed by atoms with van der Waals surface area (Å²) in [6, 6.07) is 0.444. The van der Waals surface area contributed by atoms with Gasteiger partial charge in [-0.2, -0.15) is 0 Å². The lowest BCUT2D eigenvalue weighted by atomic mass is 9.92. The van der Waals surface area contributed by atoms with E-state index in [4.69, 9.17) is 0 Å². The minimum absolute atomic E-state index is 0.00856. The molecular formula is C14H23N3OS. The smallest absolute Gasteiger partial charge is 0.223 e. The number of rotatable bonds is 4. The summed E-state index contributed by atoms with van der Waals surface area (Å²) < 4.78 is 0. The van der Waals surface area contributed by atoms with Crippen molar-refractivity contribution in [2.45, 2.75) is 52.1 Å². The van der Waals surface area contributed by atoms with Crippen molar-refractivity contribution < 1.29 is 4.79 Å². The van der Waals surface area contributed by atoms with Gasteiger partial charge in [0.15, 0.2) is 0 Å². The molecule has 1 fully saturated rings. The first-order valence-electron chi connectivity index (χ1n) is 7.08. The minimum Gasteiger partial charge on any atom is -0.348 e. The Bertz CT molecular complexity index is 432. The fourth-order valence-electron chi connectivity index (χ4n) is 2.46. The highest BCUT2D eigenvalue weighted by Crippen LogP contribution is 2.20. The van der Waals surface area contributed by atoms with E-state index in [2.05, 4.69) is 34.8 Å². The second kappa shape index (κ2) is 6.48. The van der Waals surface area contributed by atoms with Crippen LogP contribution in [-0.2, 0) is 11.2 Å². The van der Waals surface area contributed by atoms with E-state index in [0.717, 1.165) is 36.5 Å². The van der Waals surface area contributed by atoms with Gasteiger partial charge in [-0.3, -0.25) is 4.79 Å². The van der Waals surface area contributed by atoms with Crippen LogP contribution >= 0.6 is 11.3 Å². The first-order chi connectivity index (χ1) is 9.10. The van der Waals surface area contributed by atoms with Gasteiger partial charge in [0.2, 0.25) is 5.91 Å². The summed E-state index contributed by atoms with van der Waals surface area (Å²) in [5, 5.41) is 9.65. The van der Waals surface area contributed by atoms with Crippen LogP contribution in [0.3, 0.4) is 0 Å². The molecule has 106 valence electrons. The van der Waals surface area contributed by atoms with Crippen molar-refractivity contribution in [2.24, 2.45) is 5.92 Å². The molecule has 1 unspecified atom stereocenters. The van der Waals surface area contributed by atoms with Gasteiger partial charge < -0.3 is 10.6 Å². The number of amides is 1. The molecule has 0 spiro atoms. The largest absolute Gasteiger partial charge is 0.348 e. The highest BCUT2D eigenvalue weighted by Gasteiger charge is 2.26. The first kappa shape index (κ1) is 14.5. The molecule has 0 radical (unpaired) electrons. The molecule has 2 N–H and O–H groups in total. The van der Waals surface area contributed by atoms with Crippen molar-refractivity contribution in [3.8, 4) is 0 Å². The summed E-state index contributed by atoms with van der Waals surface area (Å²) in [7, 11) is 0. The lowest BCUT2D eigenvalue weighted by Crippen LogP contribution is -2.43. The monoisotopic (exact) mass is 281 g/mol. The number of hydrogen-bond donors (Lipinski definition) is 2. The van der Waals surface area contributed by atoms with E-state index in [-0.39, 0.29) is 17.9 Å². The van der Waals surface area contributed by atoms with Crippen LogP contribution in [0.25, 0.3) is 0 Å². The SMILES string of the molecule is CCc1nc(C(C)NC(=O)[C@H]2CCN[C@@H](C)C2)cs1. The van der Waals surface area contributed by atoms with Crippen LogP contribution in [-0.4, -0.2) is 23.5 Å². The summed E-state index contributed by atoms with van der Waals surface area (Å²) in [5.41, 5.74) is 0.984. The zero-order valence-corrected chi connectivity index (χ0v) is 12.7. The fourth-order valence-corrected chi connectivity index (χ4v) is 3.30. The first-order valence-corrected chi connectivity index (χ1v) is 7.96. The van der Waals surface area contributed by atoms with Crippen LogP contribution in [0.15, 0.2) is 5.38 Å². The second-order valence-electron chi connectivity index (χ2n) is 5.33. The van der Waals surface area contributed by atoms with Gasteiger partial charge in [-0.05, 0) is 39.7 Å². The number of carbonyl (C=O) groups excluding carboxylic acids is 1. The van der Waals surface area contributed by atoms with E-state index in [1.165, 1.54) is 0 Å². The van der Waals surface area contributed by atoms with Gasteiger partial charge in [-0.1, -0.05) is 6.92 Å². The van der Waals surface area contributed by atoms with E-state index in [1.54, 1.807) is 11.3 Å². The van der Waals surface area contributed by atoms with Crippen molar-refractivity contribution in [2.75, 3.05) is 6.54 Å². The zero-order chi connectivity index (χ0) is 13.8. The van der Waals surface area contributed by atoms with Crippen LogP contribution in [0.1, 0.15) is 50.4 Å². The zero-order valence-electron chi connectivity index (χ0n) is 11.9. The van der Waals surface area contributed by atoms with E-state index < -0.39 is 0 Å². The number of hydrogen-bond acceptors (Lipinski definition) is 4. The third kappa shape index (κ3) is 3.76. The molecule has 19 heavy (non-hydrogen) atoms. The Balaban J connectivity index is 1.90. The molecule has 5 heteroatoms. The molecule has 1 amide bonds. The van der Waals surface area contributed by atoms with Gasteiger partial charge >= 0.3 is 0 Å². The topological polar surface area (TPSA) is 54.0 Å².